The molecule has 7 nitrogen and oxygen atoms in total. The second-order valence-corrected chi connectivity index (χ2v) is 8.11. The Bertz CT molecular complexity index is 1120. The molecule has 0 saturated carbocycles. The summed E-state index contributed by atoms with van der Waals surface area (Å²) in [6.07, 6.45) is 2.40. The molecule has 2 atom stereocenters. The van der Waals surface area contributed by atoms with Crippen LogP contribution in [0.3, 0.4) is 0 Å². The largest absolute Gasteiger partial charge is 0.507 e. The van der Waals surface area contributed by atoms with Crippen molar-refractivity contribution in [2.24, 2.45) is 0 Å². The maximum atomic E-state index is 13.1. The number of nitrogens with zero attached hydrogens (tertiary/aromatic N) is 1. The molecule has 7 heteroatoms. The third-order valence-electron chi connectivity index (χ3n) is 5.79. The number of hydrogen-bond acceptors (Lipinski definition) is 6. The van der Waals surface area contributed by atoms with Gasteiger partial charge in [0, 0.05) is 25.6 Å². The van der Waals surface area contributed by atoms with E-state index in [0.29, 0.717) is 29.9 Å². The van der Waals surface area contributed by atoms with Gasteiger partial charge >= 0.3 is 0 Å². The predicted octanol–water partition coefficient (Wildman–Crippen LogP) is 3.64. The van der Waals surface area contributed by atoms with E-state index in [4.69, 9.17) is 14.2 Å². The molecule has 0 unspecified atom stereocenters. The number of likely N-dealkylation sites (tertiary alicyclic amines) is 1. The van der Waals surface area contributed by atoms with E-state index in [1.54, 1.807) is 36.4 Å². The number of rotatable bonds is 8. The lowest BCUT2D eigenvalue weighted by Gasteiger charge is -2.25. The third kappa shape index (κ3) is 4.36. The maximum absolute atomic E-state index is 13.1. The van der Waals surface area contributed by atoms with E-state index in [1.165, 1.54) is 12.0 Å². The first-order valence-corrected chi connectivity index (χ1v) is 10.9. The second-order valence-electron chi connectivity index (χ2n) is 8.11. The summed E-state index contributed by atoms with van der Waals surface area (Å²) in [6, 6.07) is 11.7. The van der Waals surface area contributed by atoms with Gasteiger partial charge in [-0.2, -0.15) is 0 Å². The predicted molar refractivity (Wildman–Crippen MR) is 123 cm³/mol. The molecule has 4 rings (SSSR count). The molecule has 0 bridgehead atoms. The van der Waals surface area contributed by atoms with Crippen LogP contribution in [0.15, 0.2) is 60.7 Å². The van der Waals surface area contributed by atoms with E-state index in [0.717, 1.165) is 11.3 Å². The second kappa shape index (κ2) is 9.50. The normalized spacial score (nSPS) is 21.1. The smallest absolute Gasteiger partial charge is 0.295 e. The van der Waals surface area contributed by atoms with E-state index >= 15 is 0 Å². The van der Waals surface area contributed by atoms with Crippen LogP contribution in [0.25, 0.3) is 5.76 Å². The number of ketones is 1. The molecular weight excluding hydrogens is 422 g/mol. The van der Waals surface area contributed by atoms with Crippen molar-refractivity contribution in [3.05, 3.63) is 77.4 Å². The van der Waals surface area contributed by atoms with Gasteiger partial charge in [-0.3, -0.25) is 9.59 Å². The Morgan fingerprint density at radius 2 is 2.09 bits per heavy atom. The van der Waals surface area contributed by atoms with Crippen molar-refractivity contribution in [2.75, 3.05) is 26.9 Å². The summed E-state index contributed by atoms with van der Waals surface area (Å²) in [4.78, 5) is 27.5. The van der Waals surface area contributed by atoms with Crippen molar-refractivity contribution >= 4 is 17.4 Å². The van der Waals surface area contributed by atoms with Crippen LogP contribution < -0.4 is 9.47 Å². The third-order valence-corrected chi connectivity index (χ3v) is 5.79. The number of methoxy groups -OCH3 is 1. The van der Waals surface area contributed by atoms with E-state index in [-0.39, 0.29) is 30.6 Å². The Morgan fingerprint density at radius 1 is 1.27 bits per heavy atom. The Kier molecular flexibility index (Phi) is 6.51. The van der Waals surface area contributed by atoms with Gasteiger partial charge in [-0.15, -0.1) is 0 Å². The van der Waals surface area contributed by atoms with E-state index in [1.807, 2.05) is 19.1 Å². The summed E-state index contributed by atoms with van der Waals surface area (Å²) in [7, 11) is 1.53. The monoisotopic (exact) mass is 449 g/mol. The molecule has 2 aromatic rings. The zero-order chi connectivity index (χ0) is 23.5. The lowest BCUT2D eigenvalue weighted by atomic mass is 9.94. The van der Waals surface area contributed by atoms with Gasteiger partial charge < -0.3 is 24.2 Å². The molecule has 2 aliphatic rings. The van der Waals surface area contributed by atoms with Gasteiger partial charge in [0.05, 0.1) is 18.2 Å². The Labute approximate surface area is 192 Å². The number of fused-ring (bicyclic) bond motifs is 1. The van der Waals surface area contributed by atoms with Gasteiger partial charge in [0.15, 0.2) is 0 Å². The lowest BCUT2D eigenvalue weighted by Crippen LogP contribution is -2.32. The summed E-state index contributed by atoms with van der Waals surface area (Å²) < 4.78 is 16.5. The summed E-state index contributed by atoms with van der Waals surface area (Å²) in [5.41, 5.74) is 2.13. The minimum absolute atomic E-state index is 0.0453. The SMILES string of the molecule is C=CCOc1cccc([C@@H]2C(=C(O)c3ccc4c(c3)C[C@@H](C)O4)C(=O)C(=O)N2CCOC)c1. The number of hydrogen-bond donors (Lipinski definition) is 1. The molecule has 33 heavy (non-hydrogen) atoms. The number of Topliss-reactive ketones (excluding diaryl/α,β-unsaturated/α-hetero) is 1. The first kappa shape index (κ1) is 22.6. The first-order chi connectivity index (χ1) is 15.9. The van der Waals surface area contributed by atoms with Gasteiger partial charge in [-0.1, -0.05) is 24.8 Å². The molecule has 172 valence electrons. The molecule has 0 aromatic heterocycles. The fourth-order valence-electron chi connectivity index (χ4n) is 4.30. The maximum Gasteiger partial charge on any atom is 0.295 e. The van der Waals surface area contributed by atoms with Gasteiger partial charge in [0.2, 0.25) is 0 Å². The fraction of sp³-hybridized carbons (Fsp3) is 0.308. The summed E-state index contributed by atoms with van der Waals surface area (Å²) in [5, 5.41) is 11.3. The van der Waals surface area contributed by atoms with Crippen LogP contribution in [-0.4, -0.2) is 54.7 Å². The summed E-state index contributed by atoms with van der Waals surface area (Å²) in [6.45, 7) is 6.41. The molecule has 2 aromatic carbocycles. The number of aliphatic hydroxyl groups excluding tert-OH is 1. The van der Waals surface area contributed by atoms with Crippen LogP contribution in [-0.2, 0) is 20.7 Å². The van der Waals surface area contributed by atoms with Crippen LogP contribution >= 0.6 is 0 Å². The molecule has 1 fully saturated rings. The van der Waals surface area contributed by atoms with Crippen molar-refractivity contribution < 1.29 is 28.9 Å². The highest BCUT2D eigenvalue weighted by Crippen LogP contribution is 2.41. The number of benzene rings is 2. The molecule has 0 radical (unpaired) electrons. The van der Waals surface area contributed by atoms with Crippen LogP contribution in [0, 0.1) is 0 Å². The van der Waals surface area contributed by atoms with Gasteiger partial charge in [-0.05, 0) is 48.4 Å². The number of carbonyl (C=O) groups is 2. The number of amides is 1. The Morgan fingerprint density at radius 3 is 2.85 bits per heavy atom. The fourth-order valence-corrected chi connectivity index (χ4v) is 4.30. The van der Waals surface area contributed by atoms with Crippen molar-refractivity contribution in [3.63, 3.8) is 0 Å². The van der Waals surface area contributed by atoms with Crippen LogP contribution in [0.4, 0.5) is 0 Å². The quantitative estimate of drug-likeness (QED) is 0.287. The zero-order valence-electron chi connectivity index (χ0n) is 18.7. The highest BCUT2D eigenvalue weighted by molar-refractivity contribution is 6.46. The van der Waals surface area contributed by atoms with Gasteiger partial charge in [-0.25, -0.2) is 0 Å². The average molecular weight is 450 g/mol. The molecule has 2 aliphatic heterocycles. The summed E-state index contributed by atoms with van der Waals surface area (Å²) >= 11 is 0. The van der Waals surface area contributed by atoms with Crippen molar-refractivity contribution in [1.29, 1.82) is 0 Å². The molecule has 1 amide bonds. The van der Waals surface area contributed by atoms with Gasteiger partial charge in [0.1, 0.15) is 30.0 Å². The standard InChI is InChI=1S/C26H27NO6/c1-4-11-32-20-7-5-6-17(15-20)23-22(25(29)26(30)27(23)10-12-31-3)24(28)18-8-9-21-19(14-18)13-16(2)33-21/h4-9,14-16,23,28H,1,10-13H2,2-3H3/t16-,23-/m1/s1. The van der Waals surface area contributed by atoms with Crippen LogP contribution in [0.1, 0.15) is 29.7 Å². The number of aliphatic hydroxyl groups is 1. The Balaban J connectivity index is 1.81. The first-order valence-electron chi connectivity index (χ1n) is 10.9. The number of ether oxygens (including phenoxy) is 3. The Hall–Kier alpha value is -3.58. The van der Waals surface area contributed by atoms with E-state index in [9.17, 15) is 14.7 Å². The number of carbonyl (C=O) groups excluding carboxylic acids is 2. The minimum Gasteiger partial charge on any atom is -0.507 e. The van der Waals surface area contributed by atoms with Crippen molar-refractivity contribution in [2.45, 2.75) is 25.5 Å². The molecule has 2 heterocycles. The highest BCUT2D eigenvalue weighted by Gasteiger charge is 2.46. The van der Waals surface area contributed by atoms with Crippen LogP contribution in [0.5, 0.6) is 11.5 Å². The van der Waals surface area contributed by atoms with Crippen molar-refractivity contribution in [3.8, 4) is 11.5 Å². The highest BCUT2D eigenvalue weighted by atomic mass is 16.5. The van der Waals surface area contributed by atoms with E-state index in [2.05, 4.69) is 6.58 Å². The molecule has 1 N–H and O–H groups in total. The van der Waals surface area contributed by atoms with Crippen LogP contribution in [0.2, 0.25) is 0 Å². The lowest BCUT2D eigenvalue weighted by molar-refractivity contribution is -0.140. The molecule has 1 saturated heterocycles. The molecule has 0 spiro atoms. The molecular formula is C26H27NO6. The zero-order valence-corrected chi connectivity index (χ0v) is 18.7. The minimum atomic E-state index is -0.768. The molecule has 0 aliphatic carbocycles. The van der Waals surface area contributed by atoms with Crippen molar-refractivity contribution in [1.82, 2.24) is 4.90 Å². The average Bonchev–Trinajstić information content (AvgIpc) is 3.31. The topological polar surface area (TPSA) is 85.3 Å². The van der Waals surface area contributed by atoms with E-state index < -0.39 is 17.7 Å². The van der Waals surface area contributed by atoms with Gasteiger partial charge in [0.25, 0.3) is 11.7 Å². The summed E-state index contributed by atoms with van der Waals surface area (Å²) in [5.74, 6) is -0.264.